The number of hydrogen-bond acceptors (Lipinski definition) is 5. The van der Waals surface area contributed by atoms with Gasteiger partial charge in [0.2, 0.25) is 11.7 Å². The fourth-order valence-electron chi connectivity index (χ4n) is 3.07. The van der Waals surface area contributed by atoms with E-state index in [1.54, 1.807) is 6.07 Å². The number of hydrogen-bond donors (Lipinski definition) is 2. The Hall–Kier alpha value is -3.55. The lowest BCUT2D eigenvalue weighted by Crippen LogP contribution is -2.04. The molecule has 7 nitrogen and oxygen atoms in total. The van der Waals surface area contributed by atoms with Crippen LogP contribution in [0.25, 0.3) is 0 Å². The van der Waals surface area contributed by atoms with Crippen LogP contribution in [0.3, 0.4) is 0 Å². The molecule has 0 radical (unpaired) electrons. The smallest absolute Gasteiger partial charge is 0.336 e. The number of carbonyl (C=O) groups is 2. The Kier molecular flexibility index (Phi) is 5.45. The third-order valence-electron chi connectivity index (χ3n) is 4.52. The van der Waals surface area contributed by atoms with Gasteiger partial charge in [0, 0.05) is 18.7 Å². The van der Waals surface area contributed by atoms with Crippen molar-refractivity contribution >= 4 is 11.8 Å². The average Bonchev–Trinajstić information content (AvgIpc) is 3.26. The number of benzene rings is 1. The molecule has 29 heavy (non-hydrogen) atoms. The number of ether oxygens (including phenoxy) is 1. The molecule has 1 aromatic carbocycles. The van der Waals surface area contributed by atoms with E-state index in [9.17, 15) is 24.2 Å². The number of carboxylic acids is 1. The second-order valence-electron chi connectivity index (χ2n) is 6.78. The zero-order valence-electron chi connectivity index (χ0n) is 16.1. The Morgan fingerprint density at radius 1 is 1.21 bits per heavy atom. The Labute approximate surface area is 166 Å². The molecule has 0 saturated carbocycles. The fraction of sp³-hybridized carbons (Fsp3) is 0.238. The second kappa shape index (κ2) is 7.83. The van der Waals surface area contributed by atoms with Gasteiger partial charge in [-0.3, -0.25) is 4.79 Å². The lowest BCUT2D eigenvalue weighted by Gasteiger charge is -2.08. The number of aromatic carboxylic acids is 1. The lowest BCUT2D eigenvalue weighted by atomic mass is 10.0. The number of aromatic hydroxyl groups is 1. The predicted octanol–water partition coefficient (Wildman–Crippen LogP) is 4.04. The highest BCUT2D eigenvalue weighted by Crippen LogP contribution is 2.36. The monoisotopic (exact) mass is 401 g/mol. The first kappa shape index (κ1) is 20.2. The molecule has 152 valence electrons. The van der Waals surface area contributed by atoms with Gasteiger partial charge in [-0.15, -0.1) is 0 Å². The Morgan fingerprint density at radius 2 is 1.93 bits per heavy atom. The van der Waals surface area contributed by atoms with E-state index in [1.165, 1.54) is 36.1 Å². The molecule has 3 rings (SSSR count). The minimum absolute atomic E-state index is 0.0122. The van der Waals surface area contributed by atoms with E-state index in [-0.39, 0.29) is 41.0 Å². The van der Waals surface area contributed by atoms with Crippen LogP contribution in [0.15, 0.2) is 40.9 Å². The topological polar surface area (TPSA) is 102 Å². The van der Waals surface area contributed by atoms with Gasteiger partial charge in [0.25, 0.3) is 0 Å². The highest BCUT2D eigenvalue weighted by molar-refractivity contribution is 6.09. The van der Waals surface area contributed by atoms with Crippen molar-refractivity contribution in [2.24, 2.45) is 0 Å². The maximum absolute atomic E-state index is 13.3. The Morgan fingerprint density at radius 3 is 2.55 bits per heavy atom. The largest absolute Gasteiger partial charge is 0.492 e. The molecule has 2 N–H and O–H groups in total. The molecule has 2 aromatic heterocycles. The normalized spacial score (nSPS) is 11.1. The van der Waals surface area contributed by atoms with Crippen molar-refractivity contribution in [3.05, 3.63) is 70.6 Å². The van der Waals surface area contributed by atoms with Crippen LogP contribution in [-0.2, 0) is 6.42 Å². The first-order valence-electron chi connectivity index (χ1n) is 8.85. The quantitative estimate of drug-likeness (QED) is 0.580. The second-order valence-corrected chi connectivity index (χ2v) is 6.78. The zero-order valence-corrected chi connectivity index (χ0v) is 16.1. The summed E-state index contributed by atoms with van der Waals surface area (Å²) in [6.45, 7) is 3.70. The number of nitrogens with zero attached hydrogens (tertiary/aromatic N) is 1. The van der Waals surface area contributed by atoms with Crippen LogP contribution in [0.1, 0.15) is 57.7 Å². The number of rotatable bonds is 7. The summed E-state index contributed by atoms with van der Waals surface area (Å²) in [4.78, 5) is 24.2. The van der Waals surface area contributed by atoms with Gasteiger partial charge in [0.05, 0.1) is 18.2 Å². The van der Waals surface area contributed by atoms with E-state index in [1.807, 2.05) is 13.8 Å². The van der Waals surface area contributed by atoms with Crippen molar-refractivity contribution in [1.82, 2.24) is 4.57 Å². The third kappa shape index (κ3) is 3.87. The van der Waals surface area contributed by atoms with E-state index in [0.717, 1.165) is 6.07 Å². The number of halogens is 1. The summed E-state index contributed by atoms with van der Waals surface area (Å²) in [7, 11) is 1.35. The maximum Gasteiger partial charge on any atom is 0.336 e. The standard InChI is InChI=1S/C21H20FNO6/c1-11(2)23-10-16(19(28-3)20(23)25)18(24)17-7-6-14(29-17)8-12-4-5-13(22)9-15(12)21(26)27/h4-7,9-11,25H,8H2,1-3H3,(H,26,27). The van der Waals surface area contributed by atoms with Gasteiger partial charge < -0.3 is 23.9 Å². The van der Waals surface area contributed by atoms with Crippen molar-refractivity contribution in [2.45, 2.75) is 26.3 Å². The zero-order chi connectivity index (χ0) is 21.3. The maximum atomic E-state index is 13.3. The molecule has 8 heteroatoms. The summed E-state index contributed by atoms with van der Waals surface area (Å²) in [5, 5.41) is 19.5. The molecule has 3 aromatic rings. The fourth-order valence-corrected chi connectivity index (χ4v) is 3.07. The average molecular weight is 401 g/mol. The van der Waals surface area contributed by atoms with E-state index in [2.05, 4.69) is 0 Å². The molecule has 0 fully saturated rings. The van der Waals surface area contributed by atoms with Crippen LogP contribution in [0.4, 0.5) is 4.39 Å². The SMILES string of the molecule is COc1c(C(=O)c2ccc(Cc3ccc(F)cc3C(=O)O)o2)cn(C(C)C)c1O. The van der Waals surface area contributed by atoms with Gasteiger partial charge in [0.1, 0.15) is 11.6 Å². The number of ketones is 1. The minimum Gasteiger partial charge on any atom is -0.492 e. The molecule has 0 aliphatic rings. The minimum atomic E-state index is -1.25. The van der Waals surface area contributed by atoms with Crippen molar-refractivity contribution < 1.29 is 33.3 Å². The summed E-state index contributed by atoms with van der Waals surface area (Å²) in [5.41, 5.74) is 0.330. The summed E-state index contributed by atoms with van der Waals surface area (Å²) >= 11 is 0. The molecule has 0 saturated heterocycles. The van der Waals surface area contributed by atoms with Crippen LogP contribution < -0.4 is 4.74 Å². The van der Waals surface area contributed by atoms with Crippen molar-refractivity contribution in [2.75, 3.05) is 7.11 Å². The van der Waals surface area contributed by atoms with Gasteiger partial charge in [-0.2, -0.15) is 0 Å². The first-order chi connectivity index (χ1) is 13.7. The van der Waals surface area contributed by atoms with Crippen molar-refractivity contribution in [1.29, 1.82) is 0 Å². The molecular weight excluding hydrogens is 381 g/mol. The van der Waals surface area contributed by atoms with E-state index >= 15 is 0 Å². The van der Waals surface area contributed by atoms with Crippen LogP contribution in [0, 0.1) is 5.82 Å². The molecular formula is C21H20FNO6. The van der Waals surface area contributed by atoms with E-state index in [0.29, 0.717) is 11.3 Å². The highest BCUT2D eigenvalue weighted by Gasteiger charge is 2.26. The number of carbonyl (C=O) groups excluding carboxylic acids is 1. The molecule has 0 amide bonds. The number of carboxylic acid groups (broad SMARTS) is 1. The van der Waals surface area contributed by atoms with Crippen LogP contribution in [0.2, 0.25) is 0 Å². The van der Waals surface area contributed by atoms with Crippen molar-refractivity contribution in [3.63, 3.8) is 0 Å². The van der Waals surface area contributed by atoms with Gasteiger partial charge in [-0.1, -0.05) is 6.07 Å². The number of aromatic nitrogens is 1. The molecule has 0 aliphatic heterocycles. The Bertz CT molecular complexity index is 1080. The summed E-state index contributed by atoms with van der Waals surface area (Å²) in [6, 6.07) is 6.39. The first-order valence-corrected chi connectivity index (χ1v) is 8.85. The van der Waals surface area contributed by atoms with Crippen LogP contribution >= 0.6 is 0 Å². The third-order valence-corrected chi connectivity index (χ3v) is 4.52. The predicted molar refractivity (Wildman–Crippen MR) is 101 cm³/mol. The molecule has 0 bridgehead atoms. The molecule has 0 spiro atoms. The van der Waals surface area contributed by atoms with Gasteiger partial charge >= 0.3 is 5.97 Å². The number of furan rings is 1. The summed E-state index contributed by atoms with van der Waals surface area (Å²) < 4.78 is 25.6. The molecule has 0 aliphatic carbocycles. The van der Waals surface area contributed by atoms with Crippen LogP contribution in [-0.4, -0.2) is 33.6 Å². The van der Waals surface area contributed by atoms with Gasteiger partial charge in [-0.25, -0.2) is 9.18 Å². The van der Waals surface area contributed by atoms with E-state index < -0.39 is 17.6 Å². The van der Waals surface area contributed by atoms with Gasteiger partial charge in [-0.05, 0) is 43.7 Å². The highest BCUT2D eigenvalue weighted by atomic mass is 19.1. The Balaban J connectivity index is 1.91. The molecule has 0 atom stereocenters. The summed E-state index contributed by atoms with van der Waals surface area (Å²) in [5.74, 6) is -2.14. The van der Waals surface area contributed by atoms with Crippen molar-refractivity contribution in [3.8, 4) is 11.6 Å². The molecule has 2 heterocycles. The number of methoxy groups -OCH3 is 1. The van der Waals surface area contributed by atoms with Gasteiger partial charge in [0.15, 0.2) is 11.5 Å². The summed E-state index contributed by atoms with van der Waals surface area (Å²) in [6.07, 6.45) is 1.57. The van der Waals surface area contributed by atoms with E-state index in [4.69, 9.17) is 9.15 Å². The van der Waals surface area contributed by atoms with Crippen LogP contribution in [0.5, 0.6) is 11.6 Å². The molecule has 0 unspecified atom stereocenters. The lowest BCUT2D eigenvalue weighted by molar-refractivity contribution is 0.0695.